The number of hydrogen-bond acceptors (Lipinski definition) is 4. The minimum atomic E-state index is -0.573. The third-order valence-corrected chi connectivity index (χ3v) is 5.22. The molecule has 3 rings (SSSR count). The van der Waals surface area contributed by atoms with E-state index in [1.54, 1.807) is 0 Å². The van der Waals surface area contributed by atoms with Gasteiger partial charge >= 0.3 is 0 Å². The van der Waals surface area contributed by atoms with E-state index in [-0.39, 0.29) is 27.2 Å². The maximum absolute atomic E-state index is 12.3. The number of nitrogens with zero attached hydrogens (tertiary/aromatic N) is 1. The SMILES string of the molecule is O=C(NCc1nc2ccccc2s1)c1c(O)c(Cl)cc(Cl)c1Cl. The number of benzene rings is 2. The van der Waals surface area contributed by atoms with E-state index in [0.717, 1.165) is 15.2 Å². The van der Waals surface area contributed by atoms with Gasteiger partial charge in [0.15, 0.2) is 0 Å². The Morgan fingerprint density at radius 3 is 2.70 bits per heavy atom. The number of phenolic OH excluding ortho intramolecular Hbond substituents is 1. The quantitative estimate of drug-likeness (QED) is 0.629. The van der Waals surface area contributed by atoms with Crippen LogP contribution in [0.5, 0.6) is 5.75 Å². The van der Waals surface area contributed by atoms with Gasteiger partial charge in [-0.2, -0.15) is 0 Å². The van der Waals surface area contributed by atoms with Crippen LogP contribution in [0, 0.1) is 0 Å². The van der Waals surface area contributed by atoms with E-state index in [4.69, 9.17) is 34.8 Å². The topological polar surface area (TPSA) is 62.2 Å². The molecule has 1 aromatic heterocycles. The third-order valence-electron chi connectivity index (χ3n) is 3.11. The molecule has 0 aliphatic rings. The van der Waals surface area contributed by atoms with Crippen LogP contribution in [-0.4, -0.2) is 16.0 Å². The molecule has 2 aromatic carbocycles. The van der Waals surface area contributed by atoms with Crippen molar-refractivity contribution in [1.29, 1.82) is 0 Å². The number of aromatic nitrogens is 1. The van der Waals surface area contributed by atoms with Crippen molar-refractivity contribution in [2.45, 2.75) is 6.54 Å². The average molecular weight is 388 g/mol. The van der Waals surface area contributed by atoms with Gasteiger partial charge in [0.2, 0.25) is 0 Å². The number of hydrogen-bond donors (Lipinski definition) is 2. The van der Waals surface area contributed by atoms with Crippen LogP contribution in [-0.2, 0) is 6.54 Å². The minimum absolute atomic E-state index is 0.0375. The number of carbonyl (C=O) groups is 1. The fourth-order valence-electron chi connectivity index (χ4n) is 2.03. The maximum Gasteiger partial charge on any atom is 0.257 e. The lowest BCUT2D eigenvalue weighted by atomic mass is 10.2. The summed E-state index contributed by atoms with van der Waals surface area (Å²) < 4.78 is 1.03. The summed E-state index contributed by atoms with van der Waals surface area (Å²) in [5, 5.41) is 13.3. The van der Waals surface area contributed by atoms with E-state index in [9.17, 15) is 9.90 Å². The van der Waals surface area contributed by atoms with E-state index in [0.29, 0.717) is 0 Å². The first-order valence-corrected chi connectivity index (χ1v) is 8.41. The van der Waals surface area contributed by atoms with Crippen LogP contribution in [0.2, 0.25) is 15.1 Å². The van der Waals surface area contributed by atoms with Crippen molar-refractivity contribution in [1.82, 2.24) is 10.3 Å². The van der Waals surface area contributed by atoms with Gasteiger partial charge in [0.05, 0.1) is 31.8 Å². The van der Waals surface area contributed by atoms with Crippen molar-refractivity contribution in [3.63, 3.8) is 0 Å². The highest BCUT2D eigenvalue weighted by Crippen LogP contribution is 2.38. The van der Waals surface area contributed by atoms with Crippen molar-refractivity contribution >= 4 is 62.3 Å². The zero-order chi connectivity index (χ0) is 16.6. The highest BCUT2D eigenvalue weighted by Gasteiger charge is 2.21. The lowest BCUT2D eigenvalue weighted by Crippen LogP contribution is -2.23. The van der Waals surface area contributed by atoms with Crippen molar-refractivity contribution in [3.05, 3.63) is 56.0 Å². The number of fused-ring (bicyclic) bond motifs is 1. The molecule has 0 aliphatic carbocycles. The van der Waals surface area contributed by atoms with Gasteiger partial charge in [-0.3, -0.25) is 4.79 Å². The molecule has 4 nitrogen and oxygen atoms in total. The first kappa shape index (κ1) is 16.3. The van der Waals surface area contributed by atoms with Crippen molar-refractivity contribution < 1.29 is 9.90 Å². The average Bonchev–Trinajstić information content (AvgIpc) is 2.94. The Hall–Kier alpha value is -1.53. The van der Waals surface area contributed by atoms with Crippen LogP contribution < -0.4 is 5.32 Å². The number of para-hydroxylation sites is 1. The molecule has 3 aromatic rings. The number of halogens is 3. The predicted molar refractivity (Wildman–Crippen MR) is 93.9 cm³/mol. The van der Waals surface area contributed by atoms with Gasteiger partial charge in [-0.1, -0.05) is 46.9 Å². The number of carbonyl (C=O) groups excluding carboxylic acids is 1. The summed E-state index contributed by atoms with van der Waals surface area (Å²) in [6.45, 7) is 0.206. The molecule has 23 heavy (non-hydrogen) atoms. The van der Waals surface area contributed by atoms with Crippen LogP contribution >= 0.6 is 46.1 Å². The van der Waals surface area contributed by atoms with Crippen LogP contribution in [0.15, 0.2) is 30.3 Å². The molecule has 0 atom stereocenters. The Kier molecular flexibility index (Phi) is 4.64. The lowest BCUT2D eigenvalue weighted by Gasteiger charge is -2.10. The molecule has 1 amide bonds. The Morgan fingerprint density at radius 1 is 1.22 bits per heavy atom. The molecule has 0 spiro atoms. The van der Waals surface area contributed by atoms with Crippen molar-refractivity contribution in [2.24, 2.45) is 0 Å². The van der Waals surface area contributed by atoms with Gasteiger partial charge in [-0.15, -0.1) is 11.3 Å². The summed E-state index contributed by atoms with van der Waals surface area (Å²) in [5.74, 6) is -0.973. The normalized spacial score (nSPS) is 10.9. The molecule has 0 bridgehead atoms. The number of phenols is 1. The first-order chi connectivity index (χ1) is 11.0. The molecule has 118 valence electrons. The third kappa shape index (κ3) is 3.23. The fourth-order valence-corrected chi connectivity index (χ4v) is 3.63. The largest absolute Gasteiger partial charge is 0.505 e. The molecule has 1 heterocycles. The number of thiazole rings is 1. The number of nitrogens with one attached hydrogen (secondary N) is 1. The zero-order valence-electron chi connectivity index (χ0n) is 11.4. The molecule has 0 unspecified atom stereocenters. The second-order valence-corrected chi connectivity index (χ2v) is 6.94. The van der Waals surface area contributed by atoms with Crippen LogP contribution in [0.25, 0.3) is 10.2 Å². The highest BCUT2D eigenvalue weighted by molar-refractivity contribution is 7.18. The predicted octanol–water partition coefficient (Wildman–Crippen LogP) is 4.89. The van der Waals surface area contributed by atoms with E-state index < -0.39 is 11.7 Å². The van der Waals surface area contributed by atoms with E-state index in [1.165, 1.54) is 17.4 Å². The molecular formula is C15H9Cl3N2O2S. The zero-order valence-corrected chi connectivity index (χ0v) is 14.5. The number of rotatable bonds is 3. The second-order valence-electron chi connectivity index (χ2n) is 4.64. The Balaban J connectivity index is 1.82. The molecule has 2 N–H and O–H groups in total. The van der Waals surface area contributed by atoms with Crippen LogP contribution in [0.4, 0.5) is 0 Å². The Labute approximate surface area is 150 Å². The van der Waals surface area contributed by atoms with Crippen molar-refractivity contribution in [3.8, 4) is 5.75 Å². The van der Waals surface area contributed by atoms with Gasteiger partial charge in [-0.05, 0) is 18.2 Å². The van der Waals surface area contributed by atoms with E-state index >= 15 is 0 Å². The van der Waals surface area contributed by atoms with Crippen LogP contribution in [0.1, 0.15) is 15.4 Å². The molecule has 0 radical (unpaired) electrons. The van der Waals surface area contributed by atoms with Gasteiger partial charge < -0.3 is 10.4 Å². The van der Waals surface area contributed by atoms with E-state index in [2.05, 4.69) is 10.3 Å². The van der Waals surface area contributed by atoms with Gasteiger partial charge in [-0.25, -0.2) is 4.98 Å². The summed E-state index contributed by atoms with van der Waals surface area (Å²) in [5.41, 5.74) is 0.721. The lowest BCUT2D eigenvalue weighted by molar-refractivity contribution is 0.0948. The number of aromatic hydroxyl groups is 1. The molecule has 0 aliphatic heterocycles. The smallest absolute Gasteiger partial charge is 0.257 e. The van der Waals surface area contributed by atoms with Crippen LogP contribution in [0.3, 0.4) is 0 Å². The summed E-state index contributed by atoms with van der Waals surface area (Å²) in [4.78, 5) is 16.7. The number of amides is 1. The van der Waals surface area contributed by atoms with Crippen molar-refractivity contribution in [2.75, 3.05) is 0 Å². The first-order valence-electron chi connectivity index (χ1n) is 6.46. The van der Waals surface area contributed by atoms with Gasteiger partial charge in [0, 0.05) is 0 Å². The maximum atomic E-state index is 12.3. The van der Waals surface area contributed by atoms with Gasteiger partial charge in [0.1, 0.15) is 16.3 Å². The second kappa shape index (κ2) is 6.53. The molecule has 0 saturated carbocycles. The molecule has 0 saturated heterocycles. The summed E-state index contributed by atoms with van der Waals surface area (Å²) >= 11 is 19.2. The monoisotopic (exact) mass is 386 g/mol. The fraction of sp³-hybridized carbons (Fsp3) is 0.0667. The highest BCUT2D eigenvalue weighted by atomic mass is 35.5. The van der Waals surface area contributed by atoms with E-state index in [1.807, 2.05) is 24.3 Å². The Bertz CT molecular complexity index is 852. The van der Waals surface area contributed by atoms with Gasteiger partial charge in [0.25, 0.3) is 5.91 Å². The minimum Gasteiger partial charge on any atom is -0.505 e. The molecular weight excluding hydrogens is 379 g/mol. The molecule has 0 fully saturated rings. The standard InChI is InChI=1S/C15H9Cl3N2O2S/c16-7-5-8(17)14(21)12(13(7)18)15(22)19-6-11-20-9-3-1-2-4-10(9)23-11/h1-5,21H,6H2,(H,19,22). The summed E-state index contributed by atoms with van der Waals surface area (Å²) in [7, 11) is 0. The summed E-state index contributed by atoms with van der Waals surface area (Å²) in [6.07, 6.45) is 0. The Morgan fingerprint density at radius 2 is 1.96 bits per heavy atom. The summed E-state index contributed by atoms with van der Waals surface area (Å²) in [6, 6.07) is 8.96. The molecule has 8 heteroatoms.